The fourth-order valence-corrected chi connectivity index (χ4v) is 5.81. The van der Waals surface area contributed by atoms with Crippen molar-refractivity contribution < 1.29 is 31.5 Å². The molecule has 0 aliphatic carbocycles. The lowest BCUT2D eigenvalue weighted by molar-refractivity contribution is -0.136. The number of nitrogens with two attached hydrogens (primary N) is 1. The molecule has 2 aromatic heterocycles. The molecule has 1 fully saturated rings. The van der Waals surface area contributed by atoms with E-state index in [0.717, 1.165) is 22.3 Å². The van der Waals surface area contributed by atoms with Gasteiger partial charge in [-0.25, -0.2) is 13.8 Å². The van der Waals surface area contributed by atoms with Crippen molar-refractivity contribution in [3.8, 4) is 11.1 Å². The van der Waals surface area contributed by atoms with E-state index in [1.807, 2.05) is 0 Å². The third-order valence-electron chi connectivity index (χ3n) is 6.78. The Morgan fingerprint density at radius 3 is 2.44 bits per heavy atom. The molecule has 0 saturated carbocycles. The van der Waals surface area contributed by atoms with E-state index in [2.05, 4.69) is 4.98 Å². The standard InChI is InChI=1S/C30H24F5N3O2S/c31-29(32)11-12-38(17-29)28(40)20-5-3-19(4-6-20)21-13-22-14-24(41-27(22)25(15-21)30(33,34)35)9-8-23(39)7-1-18-2-10-26(36)37-16-18/h1-7,10,13-16H,8-9,11-12,17H2,(H2,36,37)/b7-1+. The maximum absolute atomic E-state index is 14.0. The number of hydrogen-bond acceptors (Lipinski definition) is 5. The fourth-order valence-electron chi connectivity index (χ4n) is 4.64. The van der Waals surface area contributed by atoms with Crippen molar-refractivity contribution in [2.24, 2.45) is 0 Å². The molecule has 0 spiro atoms. The molecule has 2 aromatic carbocycles. The molecule has 212 valence electrons. The lowest BCUT2D eigenvalue weighted by Crippen LogP contribution is -2.31. The maximum Gasteiger partial charge on any atom is 0.417 e. The second-order valence-electron chi connectivity index (χ2n) is 9.88. The number of carbonyl (C=O) groups excluding carboxylic acids is 2. The average Bonchev–Trinajstić information content (AvgIpc) is 3.52. The number of nitrogens with zero attached hydrogens (tertiary/aromatic N) is 2. The molecule has 1 aliphatic heterocycles. The van der Waals surface area contributed by atoms with Crippen LogP contribution in [0.1, 0.15) is 39.2 Å². The van der Waals surface area contributed by atoms with E-state index in [4.69, 9.17) is 5.73 Å². The van der Waals surface area contributed by atoms with Crippen LogP contribution in [0.5, 0.6) is 0 Å². The Bertz CT molecular complexity index is 1630. The number of rotatable bonds is 7. The molecule has 0 radical (unpaired) electrons. The van der Waals surface area contributed by atoms with Crippen molar-refractivity contribution in [2.75, 3.05) is 18.8 Å². The first-order chi connectivity index (χ1) is 19.4. The van der Waals surface area contributed by atoms with E-state index in [9.17, 15) is 31.5 Å². The molecule has 0 atom stereocenters. The van der Waals surface area contributed by atoms with Gasteiger partial charge in [0.1, 0.15) is 5.82 Å². The summed E-state index contributed by atoms with van der Waals surface area (Å²) < 4.78 is 69.2. The Kier molecular flexibility index (Phi) is 7.65. The van der Waals surface area contributed by atoms with Gasteiger partial charge in [0.05, 0.1) is 12.1 Å². The van der Waals surface area contributed by atoms with Crippen LogP contribution in [-0.2, 0) is 17.4 Å². The smallest absolute Gasteiger partial charge is 0.384 e. The number of allylic oxidation sites excluding steroid dienone is 1. The number of nitrogen functional groups attached to an aromatic ring is 1. The van der Waals surface area contributed by atoms with Gasteiger partial charge in [-0.15, -0.1) is 11.3 Å². The summed E-state index contributed by atoms with van der Waals surface area (Å²) in [7, 11) is 0. The van der Waals surface area contributed by atoms with Crippen LogP contribution in [0, 0.1) is 0 Å². The Labute approximate surface area is 236 Å². The zero-order valence-corrected chi connectivity index (χ0v) is 22.4. The number of pyridine rings is 1. The number of benzene rings is 2. The van der Waals surface area contributed by atoms with Gasteiger partial charge in [-0.1, -0.05) is 12.1 Å². The molecule has 4 aromatic rings. The summed E-state index contributed by atoms with van der Waals surface area (Å²) in [6, 6.07) is 13.6. The summed E-state index contributed by atoms with van der Waals surface area (Å²) in [6.45, 7) is -0.705. The van der Waals surface area contributed by atoms with Gasteiger partial charge in [-0.3, -0.25) is 9.59 Å². The third kappa shape index (κ3) is 6.62. The molecule has 5 rings (SSSR count). The predicted octanol–water partition coefficient (Wildman–Crippen LogP) is 7.26. The number of thiophene rings is 1. The molecule has 5 nitrogen and oxygen atoms in total. The first-order valence-corrected chi connectivity index (χ1v) is 13.5. The number of anilines is 1. The van der Waals surface area contributed by atoms with E-state index in [1.165, 1.54) is 36.5 Å². The first-order valence-electron chi connectivity index (χ1n) is 12.7. The summed E-state index contributed by atoms with van der Waals surface area (Å²) in [5, 5.41) is 0.394. The van der Waals surface area contributed by atoms with E-state index in [0.29, 0.717) is 32.8 Å². The Balaban J connectivity index is 1.34. The quantitative estimate of drug-likeness (QED) is 0.183. The summed E-state index contributed by atoms with van der Waals surface area (Å²) in [5.41, 5.74) is 6.40. The highest BCUT2D eigenvalue weighted by Crippen LogP contribution is 2.42. The Hall–Kier alpha value is -4.12. The molecule has 1 saturated heterocycles. The van der Waals surface area contributed by atoms with Crippen LogP contribution in [0.3, 0.4) is 0 Å². The van der Waals surface area contributed by atoms with Gasteiger partial charge >= 0.3 is 6.18 Å². The zero-order chi connectivity index (χ0) is 29.4. The molecular weight excluding hydrogens is 561 g/mol. The number of aromatic nitrogens is 1. The van der Waals surface area contributed by atoms with Crippen molar-refractivity contribution in [3.63, 3.8) is 0 Å². The molecule has 0 unspecified atom stereocenters. The minimum absolute atomic E-state index is 0.0539. The first kappa shape index (κ1) is 28.4. The third-order valence-corrected chi connectivity index (χ3v) is 8.03. The second-order valence-corrected chi connectivity index (χ2v) is 11.0. The van der Waals surface area contributed by atoms with Crippen molar-refractivity contribution >= 4 is 45.0 Å². The number of likely N-dealkylation sites (tertiary alicyclic amines) is 1. The van der Waals surface area contributed by atoms with Gasteiger partial charge in [0.25, 0.3) is 11.8 Å². The van der Waals surface area contributed by atoms with Gasteiger partial charge in [-0.2, -0.15) is 13.2 Å². The van der Waals surface area contributed by atoms with Gasteiger partial charge in [0, 0.05) is 40.7 Å². The number of halogens is 5. The number of ketones is 1. The van der Waals surface area contributed by atoms with Gasteiger partial charge in [0.15, 0.2) is 5.78 Å². The van der Waals surface area contributed by atoms with Gasteiger partial charge < -0.3 is 10.6 Å². The highest BCUT2D eigenvalue weighted by Gasteiger charge is 2.40. The maximum atomic E-state index is 14.0. The van der Waals surface area contributed by atoms with Crippen molar-refractivity contribution in [1.29, 1.82) is 0 Å². The molecule has 11 heteroatoms. The van der Waals surface area contributed by atoms with Crippen LogP contribution in [0.2, 0.25) is 0 Å². The minimum Gasteiger partial charge on any atom is -0.384 e. The average molecular weight is 586 g/mol. The van der Waals surface area contributed by atoms with E-state index in [-0.39, 0.29) is 35.4 Å². The summed E-state index contributed by atoms with van der Waals surface area (Å²) in [4.78, 5) is 30.6. The second kappa shape index (κ2) is 11.0. The van der Waals surface area contributed by atoms with Crippen LogP contribution in [0.4, 0.5) is 27.8 Å². The predicted molar refractivity (Wildman–Crippen MR) is 149 cm³/mol. The molecule has 41 heavy (non-hydrogen) atoms. The van der Waals surface area contributed by atoms with E-state index in [1.54, 1.807) is 30.3 Å². The van der Waals surface area contributed by atoms with Crippen molar-refractivity contribution in [3.05, 3.63) is 88.4 Å². The summed E-state index contributed by atoms with van der Waals surface area (Å²) >= 11 is 1.00. The van der Waals surface area contributed by atoms with Crippen molar-refractivity contribution in [1.82, 2.24) is 9.88 Å². The molecular formula is C30H24F5N3O2S. The number of carbonyl (C=O) groups is 2. The van der Waals surface area contributed by atoms with Crippen molar-refractivity contribution in [2.45, 2.75) is 31.4 Å². The largest absolute Gasteiger partial charge is 0.417 e. The fraction of sp³-hybridized carbons (Fsp3) is 0.233. The van der Waals surface area contributed by atoms with Gasteiger partial charge in [0.2, 0.25) is 0 Å². The number of alkyl halides is 5. The minimum atomic E-state index is -4.61. The summed E-state index contributed by atoms with van der Waals surface area (Å²) in [6.07, 6.45) is -0.0668. The lowest BCUT2D eigenvalue weighted by atomic mass is 9.99. The van der Waals surface area contributed by atoms with Crippen LogP contribution >= 0.6 is 11.3 Å². The highest BCUT2D eigenvalue weighted by molar-refractivity contribution is 7.19. The monoisotopic (exact) mass is 585 g/mol. The molecule has 1 aliphatic rings. The van der Waals surface area contributed by atoms with E-state index >= 15 is 0 Å². The number of aryl methyl sites for hydroxylation is 1. The SMILES string of the molecule is Nc1ccc(/C=C/C(=O)CCc2cc3cc(-c4ccc(C(=O)N5CCC(F)(F)C5)cc4)cc(C(F)(F)F)c3s2)cn1. The Morgan fingerprint density at radius 1 is 1.05 bits per heavy atom. The lowest BCUT2D eigenvalue weighted by Gasteiger charge is -2.16. The number of hydrogen-bond donors (Lipinski definition) is 1. The molecule has 1 amide bonds. The normalized spacial score (nSPS) is 15.2. The number of amides is 1. The van der Waals surface area contributed by atoms with E-state index < -0.39 is 36.5 Å². The highest BCUT2D eigenvalue weighted by atomic mass is 32.1. The van der Waals surface area contributed by atoms with Gasteiger partial charge in [-0.05, 0) is 83.1 Å². The number of fused-ring (bicyclic) bond motifs is 1. The van der Waals surface area contributed by atoms with Crippen LogP contribution < -0.4 is 5.73 Å². The topological polar surface area (TPSA) is 76.3 Å². The van der Waals surface area contributed by atoms with Crippen LogP contribution in [-0.4, -0.2) is 40.6 Å². The molecule has 3 heterocycles. The molecule has 0 bridgehead atoms. The Morgan fingerprint density at radius 2 is 1.80 bits per heavy atom. The zero-order valence-electron chi connectivity index (χ0n) is 21.6. The van der Waals surface area contributed by atoms with Crippen LogP contribution in [0.15, 0.2) is 66.9 Å². The van der Waals surface area contributed by atoms with Crippen LogP contribution in [0.25, 0.3) is 27.3 Å². The molecule has 2 N–H and O–H groups in total. The summed E-state index contributed by atoms with van der Waals surface area (Å²) in [5.74, 6) is -3.28.